The summed E-state index contributed by atoms with van der Waals surface area (Å²) in [5.41, 5.74) is 5.60. The van der Waals surface area contributed by atoms with Crippen molar-refractivity contribution in [3.8, 4) is 17.1 Å². The van der Waals surface area contributed by atoms with Crippen LogP contribution in [0.5, 0.6) is 5.88 Å². The van der Waals surface area contributed by atoms with E-state index in [1.165, 1.54) is 16.4 Å². The van der Waals surface area contributed by atoms with Crippen LogP contribution in [0.3, 0.4) is 0 Å². The lowest BCUT2D eigenvalue weighted by Gasteiger charge is -2.36. The molecule has 5 heteroatoms. The van der Waals surface area contributed by atoms with Crippen LogP contribution in [0, 0.1) is 0 Å². The van der Waals surface area contributed by atoms with E-state index in [9.17, 15) is 0 Å². The maximum absolute atomic E-state index is 6.97. The molecule has 4 nitrogen and oxygen atoms in total. The summed E-state index contributed by atoms with van der Waals surface area (Å²) in [5.74, 6) is 0.971. The zero-order valence-electron chi connectivity index (χ0n) is 18.5. The van der Waals surface area contributed by atoms with Gasteiger partial charge >= 0.3 is 0 Å². The van der Waals surface area contributed by atoms with Crippen LogP contribution in [0.25, 0.3) is 11.3 Å². The second-order valence-corrected chi connectivity index (χ2v) is 13.3. The van der Waals surface area contributed by atoms with Gasteiger partial charge in [0.25, 0.3) is 0 Å². The van der Waals surface area contributed by atoms with Gasteiger partial charge in [-0.3, -0.25) is 4.98 Å². The molecule has 28 heavy (non-hydrogen) atoms. The number of rotatable bonds is 6. The predicted molar refractivity (Wildman–Crippen MR) is 118 cm³/mol. The van der Waals surface area contributed by atoms with E-state index in [4.69, 9.17) is 14.1 Å². The van der Waals surface area contributed by atoms with Crippen molar-refractivity contribution in [2.75, 3.05) is 7.11 Å². The first-order chi connectivity index (χ1) is 13.3. The highest BCUT2D eigenvalue weighted by molar-refractivity contribution is 6.90. The van der Waals surface area contributed by atoms with Gasteiger partial charge in [-0.05, 0) is 46.3 Å². The molecule has 2 aromatic heterocycles. The lowest BCUT2D eigenvalue weighted by molar-refractivity contribution is 0.198. The molecule has 1 aliphatic heterocycles. The number of hydrogen-bond acceptors (Lipinski definition) is 4. The average Bonchev–Trinajstić information content (AvgIpc) is 3.03. The van der Waals surface area contributed by atoms with E-state index in [0.717, 1.165) is 17.7 Å². The number of nitrogens with zero attached hydrogens (tertiary/aromatic N) is 2. The fraction of sp³-hybridized carbons (Fsp3) is 0.565. The Morgan fingerprint density at radius 2 is 1.79 bits per heavy atom. The monoisotopic (exact) mass is 398 g/mol. The summed E-state index contributed by atoms with van der Waals surface area (Å²) in [7, 11) is -0.499. The van der Waals surface area contributed by atoms with Crippen LogP contribution in [-0.4, -0.2) is 25.4 Å². The molecule has 0 N–H and O–H groups in total. The van der Waals surface area contributed by atoms with E-state index in [1.807, 2.05) is 18.3 Å². The van der Waals surface area contributed by atoms with Gasteiger partial charge in [-0.15, -0.1) is 0 Å². The van der Waals surface area contributed by atoms with Crippen molar-refractivity contribution in [2.45, 2.75) is 78.0 Å². The largest absolute Gasteiger partial charge is 0.481 e. The maximum Gasteiger partial charge on any atom is 0.232 e. The second-order valence-electron chi connectivity index (χ2n) is 8.72. The Morgan fingerprint density at radius 3 is 2.25 bits per heavy atom. The molecule has 0 saturated heterocycles. The summed E-state index contributed by atoms with van der Waals surface area (Å²) in [6.45, 7) is 16.1. The van der Waals surface area contributed by atoms with Crippen molar-refractivity contribution in [3.63, 3.8) is 0 Å². The highest BCUT2D eigenvalue weighted by Crippen LogP contribution is 2.46. The number of fused-ring (bicyclic) bond motifs is 1. The molecule has 152 valence electrons. The van der Waals surface area contributed by atoms with Crippen LogP contribution in [0.1, 0.15) is 78.2 Å². The number of hydrogen-bond donors (Lipinski definition) is 0. The summed E-state index contributed by atoms with van der Waals surface area (Å²) < 4.78 is 12.2. The highest BCUT2D eigenvalue weighted by atomic mass is 28.4. The minimum atomic E-state index is -2.14. The molecule has 0 spiro atoms. The van der Waals surface area contributed by atoms with E-state index in [1.54, 1.807) is 7.11 Å². The third-order valence-electron chi connectivity index (χ3n) is 6.03. The smallest absolute Gasteiger partial charge is 0.232 e. The SMILES string of the molecule is CC[C@H]1O[Si](C(C)C)(C(C)C)c2c1cc(-c1ccc(OC)nc1)nc2C(C)C. The minimum Gasteiger partial charge on any atom is -0.481 e. The minimum absolute atomic E-state index is 0.164. The molecule has 2 aromatic rings. The number of pyridine rings is 2. The van der Waals surface area contributed by atoms with E-state index in [2.05, 4.69) is 59.5 Å². The van der Waals surface area contributed by atoms with Crippen LogP contribution >= 0.6 is 0 Å². The molecule has 0 saturated carbocycles. The van der Waals surface area contributed by atoms with Crippen molar-refractivity contribution in [3.05, 3.63) is 35.7 Å². The van der Waals surface area contributed by atoms with E-state index >= 15 is 0 Å². The van der Waals surface area contributed by atoms with Gasteiger partial charge in [0.2, 0.25) is 14.2 Å². The lowest BCUT2D eigenvalue weighted by Crippen LogP contribution is -2.54. The Labute approximate surface area is 170 Å². The number of aromatic nitrogens is 2. The third-order valence-corrected chi connectivity index (χ3v) is 11.5. The van der Waals surface area contributed by atoms with Crippen molar-refractivity contribution in [2.24, 2.45) is 0 Å². The van der Waals surface area contributed by atoms with Gasteiger partial charge in [-0.25, -0.2) is 4.98 Å². The Hall–Kier alpha value is -1.72. The Bertz CT molecular complexity index is 823. The van der Waals surface area contributed by atoms with Crippen LogP contribution in [0.2, 0.25) is 11.1 Å². The van der Waals surface area contributed by atoms with E-state index in [0.29, 0.717) is 22.9 Å². The van der Waals surface area contributed by atoms with Gasteiger partial charge in [0.05, 0.1) is 18.9 Å². The molecule has 0 unspecified atom stereocenters. The first-order valence-corrected chi connectivity index (χ1v) is 12.6. The predicted octanol–water partition coefficient (Wildman–Crippen LogP) is 5.73. The maximum atomic E-state index is 6.97. The first-order valence-electron chi connectivity index (χ1n) is 10.5. The average molecular weight is 399 g/mol. The van der Waals surface area contributed by atoms with Crippen molar-refractivity contribution >= 4 is 13.5 Å². The Balaban J connectivity index is 2.26. The topological polar surface area (TPSA) is 44.2 Å². The summed E-state index contributed by atoms with van der Waals surface area (Å²) in [6, 6.07) is 6.20. The molecule has 0 aliphatic carbocycles. The standard InChI is InChI=1S/C23H34N2O2Si/c1-9-20-18-12-19(17-10-11-21(26-8)24-13-17)25-22(14(2)3)23(18)28(27-20,15(4)5)16(6)7/h10-16,20H,9H2,1-8H3/t20-/m1/s1. The fourth-order valence-corrected chi connectivity index (χ4v) is 10.0. The third kappa shape index (κ3) is 3.29. The van der Waals surface area contributed by atoms with Crippen molar-refractivity contribution < 1.29 is 9.16 Å². The molecule has 0 fully saturated rings. The molecule has 1 atom stereocenters. The van der Waals surface area contributed by atoms with E-state index in [-0.39, 0.29) is 6.10 Å². The highest BCUT2D eigenvalue weighted by Gasteiger charge is 2.53. The fourth-order valence-electron chi connectivity index (χ4n) is 4.66. The zero-order chi connectivity index (χ0) is 20.6. The van der Waals surface area contributed by atoms with Gasteiger partial charge in [0.1, 0.15) is 0 Å². The van der Waals surface area contributed by atoms with Crippen molar-refractivity contribution in [1.82, 2.24) is 9.97 Å². The zero-order valence-corrected chi connectivity index (χ0v) is 19.5. The molecule has 0 bridgehead atoms. The molecule has 3 rings (SSSR count). The molecular formula is C23H34N2O2Si. The molecular weight excluding hydrogens is 364 g/mol. The summed E-state index contributed by atoms with van der Waals surface area (Å²) in [5, 5.41) is 1.46. The molecule has 0 amide bonds. The normalized spacial score (nSPS) is 18.2. The van der Waals surface area contributed by atoms with Crippen molar-refractivity contribution in [1.29, 1.82) is 0 Å². The van der Waals surface area contributed by atoms with Gasteiger partial charge in [0.15, 0.2) is 0 Å². The van der Waals surface area contributed by atoms with Gasteiger partial charge in [0, 0.05) is 23.5 Å². The van der Waals surface area contributed by atoms with Gasteiger partial charge in [-0.1, -0.05) is 48.5 Å². The van der Waals surface area contributed by atoms with Crippen LogP contribution < -0.4 is 9.92 Å². The Morgan fingerprint density at radius 1 is 1.11 bits per heavy atom. The number of ether oxygens (including phenoxy) is 1. The van der Waals surface area contributed by atoms with E-state index < -0.39 is 8.32 Å². The summed E-state index contributed by atoms with van der Waals surface area (Å²) in [6.07, 6.45) is 3.00. The molecule has 1 aliphatic rings. The molecule has 3 heterocycles. The lowest BCUT2D eigenvalue weighted by atomic mass is 10.00. The quantitative estimate of drug-likeness (QED) is 0.583. The number of methoxy groups -OCH3 is 1. The summed E-state index contributed by atoms with van der Waals surface area (Å²) in [4.78, 5) is 9.55. The molecule has 0 radical (unpaired) electrons. The second kappa shape index (κ2) is 7.95. The van der Waals surface area contributed by atoms with Crippen LogP contribution in [-0.2, 0) is 4.43 Å². The Kier molecular flexibility index (Phi) is 5.96. The van der Waals surface area contributed by atoms with Gasteiger partial charge < -0.3 is 9.16 Å². The molecule has 0 aromatic carbocycles. The van der Waals surface area contributed by atoms with Crippen LogP contribution in [0.15, 0.2) is 24.4 Å². The first kappa shape index (κ1) is 21.0. The summed E-state index contributed by atoms with van der Waals surface area (Å²) >= 11 is 0. The van der Waals surface area contributed by atoms with Crippen LogP contribution in [0.4, 0.5) is 0 Å². The van der Waals surface area contributed by atoms with Gasteiger partial charge in [-0.2, -0.15) is 0 Å².